The molecule has 1 heterocycles. The number of nitrogens with one attached hydrogen (secondary N) is 2. The molecule has 0 saturated heterocycles. The lowest BCUT2D eigenvalue weighted by atomic mass is 10.1. The van der Waals surface area contributed by atoms with Crippen molar-refractivity contribution in [2.75, 3.05) is 18.4 Å². The fraction of sp³-hybridized carbons (Fsp3) is 0.111. The van der Waals surface area contributed by atoms with Gasteiger partial charge in [0.05, 0.1) is 28.7 Å². The quantitative estimate of drug-likeness (QED) is 0.366. The minimum Gasteiger partial charge on any atom is -0.403 e. The number of halogens is 1. The normalized spacial score (nSPS) is 11.1. The highest BCUT2D eigenvalue weighted by Gasteiger charge is 2.11. The van der Waals surface area contributed by atoms with Crippen molar-refractivity contribution in [1.82, 2.24) is 15.3 Å². The molecule has 0 atom stereocenters. The predicted molar refractivity (Wildman–Crippen MR) is 109 cm³/mol. The highest BCUT2D eigenvalue weighted by molar-refractivity contribution is 6.32. The number of nitrogens with zero attached hydrogens (tertiary/aromatic N) is 4. The van der Waals surface area contributed by atoms with Gasteiger partial charge in [0.25, 0.3) is 5.91 Å². The molecule has 2 amide bonds. The number of amides is 2. The molecule has 2 aromatic rings. The Morgan fingerprint density at radius 3 is 2.66 bits per heavy atom. The summed E-state index contributed by atoms with van der Waals surface area (Å²) >= 11 is 6.21. The second-order valence-electron chi connectivity index (χ2n) is 5.49. The third kappa shape index (κ3) is 6.30. The molecule has 0 aliphatic heterocycles. The van der Waals surface area contributed by atoms with Crippen molar-refractivity contribution in [1.29, 1.82) is 5.26 Å². The van der Waals surface area contributed by atoms with Gasteiger partial charge in [0.2, 0.25) is 11.9 Å². The molecule has 0 aliphatic carbocycles. The molecule has 1 aromatic carbocycles. The first-order valence-corrected chi connectivity index (χ1v) is 8.57. The summed E-state index contributed by atoms with van der Waals surface area (Å²) in [5, 5.41) is 14.1. The second kappa shape index (κ2) is 10.4. The summed E-state index contributed by atoms with van der Waals surface area (Å²) < 4.78 is 0. The summed E-state index contributed by atoms with van der Waals surface area (Å²) in [7, 11) is 0. The number of anilines is 1. The Morgan fingerprint density at radius 2 is 2.03 bits per heavy atom. The van der Waals surface area contributed by atoms with Crippen LogP contribution in [0.2, 0.25) is 5.02 Å². The summed E-state index contributed by atoms with van der Waals surface area (Å²) in [4.78, 5) is 34.9. The summed E-state index contributed by atoms with van der Waals surface area (Å²) in [6.07, 6.45) is 3.97. The lowest BCUT2D eigenvalue weighted by Crippen LogP contribution is -2.23. The largest absolute Gasteiger partial charge is 0.403 e. The Labute approximate surface area is 171 Å². The van der Waals surface area contributed by atoms with E-state index in [4.69, 9.17) is 28.3 Å². The van der Waals surface area contributed by atoms with Crippen LogP contribution in [0.1, 0.15) is 10.4 Å². The molecule has 29 heavy (non-hydrogen) atoms. The molecule has 6 N–H and O–H groups in total. The van der Waals surface area contributed by atoms with Crippen LogP contribution in [-0.2, 0) is 4.79 Å². The van der Waals surface area contributed by atoms with Crippen LogP contribution in [0.4, 0.5) is 5.95 Å². The van der Waals surface area contributed by atoms with Gasteiger partial charge in [-0.1, -0.05) is 23.7 Å². The lowest BCUT2D eigenvalue weighted by Gasteiger charge is -2.09. The number of aliphatic imine (C=N–C) groups is 1. The minimum absolute atomic E-state index is 0.0763. The fourth-order valence-corrected chi connectivity index (χ4v) is 2.31. The van der Waals surface area contributed by atoms with Gasteiger partial charge in [-0.15, -0.1) is 0 Å². The van der Waals surface area contributed by atoms with Gasteiger partial charge in [-0.05, 0) is 12.1 Å². The van der Waals surface area contributed by atoms with Gasteiger partial charge < -0.3 is 22.1 Å². The SMILES string of the molecule is N#CCNC(=O)c1ccc(-c2nc(NC(C=NCC(N)=O)=CN)ncc2Cl)cc1. The van der Waals surface area contributed by atoms with Crippen molar-refractivity contribution >= 4 is 35.6 Å². The summed E-state index contributed by atoms with van der Waals surface area (Å²) in [6.45, 7) is -0.257. The fourth-order valence-electron chi connectivity index (χ4n) is 2.11. The number of allylic oxidation sites excluding steroid dienone is 1. The van der Waals surface area contributed by atoms with Crippen LogP contribution in [0, 0.1) is 11.3 Å². The van der Waals surface area contributed by atoms with E-state index in [0.29, 0.717) is 27.5 Å². The van der Waals surface area contributed by atoms with Crippen molar-refractivity contribution in [3.05, 3.63) is 52.9 Å². The number of primary amides is 1. The Hall–Kier alpha value is -3.97. The average molecular weight is 413 g/mol. The topological polar surface area (TPSA) is 172 Å². The molecule has 11 heteroatoms. The van der Waals surface area contributed by atoms with Crippen LogP contribution >= 0.6 is 11.6 Å². The van der Waals surface area contributed by atoms with E-state index in [1.54, 1.807) is 24.3 Å². The molecule has 0 unspecified atom stereocenters. The molecule has 0 radical (unpaired) electrons. The summed E-state index contributed by atoms with van der Waals surface area (Å²) in [5.41, 5.74) is 12.4. The van der Waals surface area contributed by atoms with Crippen LogP contribution < -0.4 is 22.1 Å². The van der Waals surface area contributed by atoms with E-state index >= 15 is 0 Å². The first-order valence-electron chi connectivity index (χ1n) is 8.19. The zero-order valence-corrected chi connectivity index (χ0v) is 15.8. The maximum absolute atomic E-state index is 11.9. The Kier molecular flexibility index (Phi) is 7.64. The van der Waals surface area contributed by atoms with Gasteiger partial charge in [-0.3, -0.25) is 14.6 Å². The van der Waals surface area contributed by atoms with Crippen molar-refractivity contribution in [3.8, 4) is 17.3 Å². The molecule has 2 rings (SSSR count). The third-order valence-corrected chi connectivity index (χ3v) is 3.68. The second-order valence-corrected chi connectivity index (χ2v) is 5.90. The zero-order chi connectivity index (χ0) is 21.2. The number of benzene rings is 1. The number of nitrogens with two attached hydrogens (primary N) is 2. The molecular weight excluding hydrogens is 396 g/mol. The van der Waals surface area contributed by atoms with Crippen molar-refractivity contribution in [3.63, 3.8) is 0 Å². The van der Waals surface area contributed by atoms with Crippen LogP contribution in [0.5, 0.6) is 0 Å². The number of aromatic nitrogens is 2. The maximum atomic E-state index is 11.9. The smallest absolute Gasteiger partial charge is 0.252 e. The maximum Gasteiger partial charge on any atom is 0.252 e. The van der Waals surface area contributed by atoms with E-state index in [-0.39, 0.29) is 24.9 Å². The van der Waals surface area contributed by atoms with E-state index in [1.165, 1.54) is 18.6 Å². The molecule has 0 saturated carbocycles. The van der Waals surface area contributed by atoms with Crippen LogP contribution in [0.15, 0.2) is 47.4 Å². The third-order valence-electron chi connectivity index (χ3n) is 3.41. The molecular formula is C18H17ClN8O2. The van der Waals surface area contributed by atoms with Gasteiger partial charge in [0.15, 0.2) is 0 Å². The van der Waals surface area contributed by atoms with Gasteiger partial charge >= 0.3 is 0 Å². The summed E-state index contributed by atoms with van der Waals surface area (Å²) in [6, 6.07) is 8.37. The average Bonchev–Trinajstić information content (AvgIpc) is 2.72. The van der Waals surface area contributed by atoms with Crippen LogP contribution in [0.3, 0.4) is 0 Å². The molecule has 1 aromatic heterocycles. The van der Waals surface area contributed by atoms with E-state index < -0.39 is 5.91 Å². The molecule has 148 valence electrons. The number of nitriles is 1. The molecule has 0 aliphatic rings. The van der Waals surface area contributed by atoms with E-state index in [0.717, 1.165) is 0 Å². The van der Waals surface area contributed by atoms with E-state index in [2.05, 4.69) is 25.6 Å². The van der Waals surface area contributed by atoms with Crippen molar-refractivity contribution in [2.45, 2.75) is 0 Å². The lowest BCUT2D eigenvalue weighted by molar-refractivity contribution is -0.116. The number of carbonyl (C=O) groups excluding carboxylic acids is 2. The van der Waals surface area contributed by atoms with Crippen molar-refractivity contribution in [2.24, 2.45) is 16.5 Å². The highest BCUT2D eigenvalue weighted by Crippen LogP contribution is 2.26. The Balaban J connectivity index is 2.20. The molecule has 10 nitrogen and oxygen atoms in total. The number of hydrogen-bond donors (Lipinski definition) is 4. The van der Waals surface area contributed by atoms with Crippen molar-refractivity contribution < 1.29 is 9.59 Å². The van der Waals surface area contributed by atoms with Gasteiger partial charge in [-0.2, -0.15) is 5.26 Å². The molecule has 0 fully saturated rings. The zero-order valence-electron chi connectivity index (χ0n) is 15.1. The number of hydrogen-bond acceptors (Lipinski definition) is 8. The Bertz CT molecular complexity index is 996. The van der Waals surface area contributed by atoms with Gasteiger partial charge in [0, 0.05) is 23.5 Å². The van der Waals surface area contributed by atoms with E-state index in [1.807, 2.05) is 6.07 Å². The van der Waals surface area contributed by atoms with Gasteiger partial charge in [-0.25, -0.2) is 9.97 Å². The molecule has 0 bridgehead atoms. The Morgan fingerprint density at radius 1 is 1.31 bits per heavy atom. The standard InChI is InChI=1S/C18H17ClN8O2/c19-14-9-25-18(26-13(7-21)8-23-10-15(22)28)27-16(14)11-1-3-12(4-2-11)17(29)24-6-5-20/h1-4,7-9H,6,10,21H2,(H2,22,28)(H,24,29)(H,25,26,27). The van der Waals surface area contributed by atoms with E-state index in [9.17, 15) is 9.59 Å². The number of rotatable bonds is 8. The first kappa shape index (κ1) is 21.3. The highest BCUT2D eigenvalue weighted by atomic mass is 35.5. The minimum atomic E-state index is -0.576. The first-order chi connectivity index (χ1) is 13.9. The predicted octanol–water partition coefficient (Wildman–Crippen LogP) is 0.818. The summed E-state index contributed by atoms with van der Waals surface area (Å²) in [5.74, 6) is -0.739. The van der Waals surface area contributed by atoms with Gasteiger partial charge in [0.1, 0.15) is 13.1 Å². The number of carbonyl (C=O) groups is 2. The van der Waals surface area contributed by atoms with Crippen LogP contribution in [-0.4, -0.2) is 41.1 Å². The molecule has 0 spiro atoms. The van der Waals surface area contributed by atoms with Crippen LogP contribution in [0.25, 0.3) is 11.3 Å². The monoisotopic (exact) mass is 412 g/mol.